The van der Waals surface area contributed by atoms with Crippen molar-refractivity contribution in [2.75, 3.05) is 26.7 Å². The number of aliphatic hydroxyl groups is 2. The molecule has 3 atom stereocenters. The number of ether oxygens (including phenoxy) is 1. The van der Waals surface area contributed by atoms with Crippen LogP contribution in [0.15, 0.2) is 12.3 Å². The molecule has 2 rings (SSSR count). The van der Waals surface area contributed by atoms with Crippen LogP contribution in [-0.2, 0) is 4.79 Å². The molecule has 1 aromatic rings. The lowest BCUT2D eigenvalue weighted by Crippen LogP contribution is -2.50. The van der Waals surface area contributed by atoms with Gasteiger partial charge in [0.2, 0.25) is 11.8 Å². The zero-order valence-electron chi connectivity index (χ0n) is 18.5. The van der Waals surface area contributed by atoms with E-state index in [1.165, 1.54) is 13.1 Å². The first-order valence-corrected chi connectivity index (χ1v) is 9.98. The number of hydrogen-bond donors (Lipinski definition) is 2. The van der Waals surface area contributed by atoms with E-state index in [0.29, 0.717) is 18.7 Å². The molecule has 1 aliphatic heterocycles. The molecular formula is C22H31N3O5. The number of pyridine rings is 1. The number of aromatic nitrogens is 1. The molecule has 0 fully saturated rings. The predicted molar refractivity (Wildman–Crippen MR) is 112 cm³/mol. The molecule has 2 N–H and O–H groups in total. The summed E-state index contributed by atoms with van der Waals surface area (Å²) in [5.41, 5.74) is -0.476. The van der Waals surface area contributed by atoms with Gasteiger partial charge in [0.15, 0.2) is 0 Å². The highest BCUT2D eigenvalue weighted by Crippen LogP contribution is 2.27. The molecule has 164 valence electrons. The second-order valence-corrected chi connectivity index (χ2v) is 8.41. The summed E-state index contributed by atoms with van der Waals surface area (Å²) in [6, 6.07) is 1.19. The van der Waals surface area contributed by atoms with Crippen LogP contribution in [0.25, 0.3) is 0 Å². The van der Waals surface area contributed by atoms with Crippen molar-refractivity contribution in [3.63, 3.8) is 0 Å². The average Bonchev–Trinajstić information content (AvgIpc) is 2.67. The molecule has 0 bridgehead atoms. The van der Waals surface area contributed by atoms with Crippen LogP contribution in [0.4, 0.5) is 0 Å². The number of amides is 2. The largest absolute Gasteiger partial charge is 0.472 e. The van der Waals surface area contributed by atoms with E-state index in [0.717, 1.165) is 0 Å². The molecule has 0 aliphatic carbocycles. The van der Waals surface area contributed by atoms with Gasteiger partial charge in [-0.25, -0.2) is 4.98 Å². The van der Waals surface area contributed by atoms with Crippen LogP contribution in [0.2, 0.25) is 0 Å². The Morgan fingerprint density at radius 3 is 2.73 bits per heavy atom. The van der Waals surface area contributed by atoms with Gasteiger partial charge in [0.05, 0.1) is 19.2 Å². The van der Waals surface area contributed by atoms with Gasteiger partial charge in [-0.1, -0.05) is 18.8 Å². The number of nitrogens with zero attached hydrogens (tertiary/aromatic N) is 3. The van der Waals surface area contributed by atoms with E-state index in [9.17, 15) is 19.8 Å². The fourth-order valence-electron chi connectivity index (χ4n) is 3.01. The molecule has 30 heavy (non-hydrogen) atoms. The number of carbonyl (C=O) groups is 2. The van der Waals surface area contributed by atoms with E-state index in [1.54, 1.807) is 43.7 Å². The van der Waals surface area contributed by atoms with Gasteiger partial charge in [-0.05, 0) is 26.8 Å². The fourth-order valence-corrected chi connectivity index (χ4v) is 3.01. The smallest absolute Gasteiger partial charge is 0.259 e. The van der Waals surface area contributed by atoms with E-state index < -0.39 is 11.6 Å². The van der Waals surface area contributed by atoms with Crippen molar-refractivity contribution < 1.29 is 24.5 Å². The standard InChI is InChI=1S/C22H31N3O5/c1-14-11-25(15(2)13-26)21(28)18-9-17(7-8-22(4,5)29)10-23-20(18)30-19(14)12-24(6)16(3)27/h9-10,14-15,19,26,29H,11-13H2,1-6H3/t14-,15+,19-/m1/s1. The van der Waals surface area contributed by atoms with Gasteiger partial charge in [0, 0.05) is 38.2 Å². The minimum absolute atomic E-state index is 0.0880. The Hall–Kier alpha value is -2.63. The molecule has 0 unspecified atom stereocenters. The molecule has 0 saturated carbocycles. The Balaban J connectivity index is 2.51. The molecule has 8 heteroatoms. The van der Waals surface area contributed by atoms with Crippen LogP contribution < -0.4 is 4.74 Å². The molecule has 2 heterocycles. The first-order valence-electron chi connectivity index (χ1n) is 9.98. The van der Waals surface area contributed by atoms with Crippen molar-refractivity contribution in [1.29, 1.82) is 0 Å². The normalized spacial score (nSPS) is 20.1. The van der Waals surface area contributed by atoms with Crippen LogP contribution in [0, 0.1) is 17.8 Å². The van der Waals surface area contributed by atoms with Crippen LogP contribution >= 0.6 is 0 Å². The topological polar surface area (TPSA) is 103 Å². The summed E-state index contributed by atoms with van der Waals surface area (Å²) in [5, 5.41) is 19.5. The number of carbonyl (C=O) groups excluding carboxylic acids is 2. The lowest BCUT2D eigenvalue weighted by Gasteiger charge is -2.37. The van der Waals surface area contributed by atoms with Crippen molar-refractivity contribution >= 4 is 11.8 Å². The van der Waals surface area contributed by atoms with Gasteiger partial charge in [-0.3, -0.25) is 9.59 Å². The van der Waals surface area contributed by atoms with Crippen molar-refractivity contribution in [3.05, 3.63) is 23.4 Å². The highest BCUT2D eigenvalue weighted by atomic mass is 16.5. The Kier molecular flexibility index (Phi) is 7.45. The average molecular weight is 418 g/mol. The fraction of sp³-hybridized carbons (Fsp3) is 0.591. The molecule has 0 aromatic carbocycles. The van der Waals surface area contributed by atoms with E-state index in [4.69, 9.17) is 4.74 Å². The molecule has 2 amide bonds. The van der Waals surface area contributed by atoms with Crippen molar-refractivity contribution in [2.24, 2.45) is 5.92 Å². The summed E-state index contributed by atoms with van der Waals surface area (Å²) >= 11 is 0. The summed E-state index contributed by atoms with van der Waals surface area (Å²) < 4.78 is 6.09. The Morgan fingerprint density at radius 1 is 1.50 bits per heavy atom. The summed E-state index contributed by atoms with van der Waals surface area (Å²) in [6.45, 7) is 8.85. The van der Waals surface area contributed by atoms with Gasteiger partial charge in [-0.2, -0.15) is 0 Å². The van der Waals surface area contributed by atoms with Gasteiger partial charge in [-0.15, -0.1) is 0 Å². The third-order valence-corrected chi connectivity index (χ3v) is 5.03. The summed E-state index contributed by atoms with van der Waals surface area (Å²) in [6.07, 6.45) is 1.10. The lowest BCUT2D eigenvalue weighted by atomic mass is 10.00. The minimum Gasteiger partial charge on any atom is -0.472 e. The Labute approximate surface area is 177 Å². The highest BCUT2D eigenvalue weighted by Gasteiger charge is 2.34. The van der Waals surface area contributed by atoms with Gasteiger partial charge in [0.1, 0.15) is 17.3 Å². The van der Waals surface area contributed by atoms with Crippen LogP contribution in [0.1, 0.15) is 50.5 Å². The van der Waals surface area contributed by atoms with Crippen molar-refractivity contribution in [2.45, 2.75) is 52.4 Å². The SMILES string of the molecule is CC(=O)N(C)C[C@H]1Oc2ncc(C#CC(C)(C)O)cc2C(=O)N([C@@H](C)CO)C[C@H]1C. The van der Waals surface area contributed by atoms with Crippen molar-refractivity contribution in [1.82, 2.24) is 14.8 Å². The summed E-state index contributed by atoms with van der Waals surface area (Å²) in [7, 11) is 1.69. The maximum absolute atomic E-state index is 13.3. The summed E-state index contributed by atoms with van der Waals surface area (Å²) in [4.78, 5) is 32.4. The zero-order chi connectivity index (χ0) is 22.6. The lowest BCUT2D eigenvalue weighted by molar-refractivity contribution is -0.129. The molecule has 1 aromatic heterocycles. The van der Waals surface area contributed by atoms with Gasteiger partial charge in [0.25, 0.3) is 5.91 Å². The number of fused-ring (bicyclic) bond motifs is 1. The quantitative estimate of drug-likeness (QED) is 0.706. The minimum atomic E-state index is -1.18. The second-order valence-electron chi connectivity index (χ2n) is 8.41. The molecule has 0 saturated heterocycles. The first kappa shape index (κ1) is 23.6. The summed E-state index contributed by atoms with van der Waals surface area (Å²) in [5.74, 6) is 5.19. The first-order chi connectivity index (χ1) is 13.9. The second kappa shape index (κ2) is 9.45. The van der Waals surface area contributed by atoms with Crippen LogP contribution in [-0.4, -0.2) is 81.3 Å². The monoisotopic (exact) mass is 417 g/mol. The Morgan fingerprint density at radius 2 is 2.17 bits per heavy atom. The number of rotatable bonds is 4. The van der Waals surface area contributed by atoms with Crippen molar-refractivity contribution in [3.8, 4) is 17.7 Å². The van der Waals surface area contributed by atoms with Crippen LogP contribution in [0.3, 0.4) is 0 Å². The molecular weight excluding hydrogens is 386 g/mol. The number of aliphatic hydroxyl groups excluding tert-OH is 1. The highest BCUT2D eigenvalue weighted by molar-refractivity contribution is 5.97. The molecule has 0 radical (unpaired) electrons. The number of hydrogen-bond acceptors (Lipinski definition) is 6. The Bertz CT molecular complexity index is 853. The van der Waals surface area contributed by atoms with Gasteiger partial charge >= 0.3 is 0 Å². The van der Waals surface area contributed by atoms with E-state index in [1.807, 2.05) is 6.92 Å². The zero-order valence-corrected chi connectivity index (χ0v) is 18.5. The molecule has 1 aliphatic rings. The van der Waals surface area contributed by atoms with E-state index in [-0.39, 0.29) is 41.9 Å². The predicted octanol–water partition coefficient (Wildman–Crippen LogP) is 0.902. The number of likely N-dealkylation sites (N-methyl/N-ethyl adjacent to an activating group) is 1. The molecule has 0 spiro atoms. The van der Waals surface area contributed by atoms with Crippen LogP contribution in [0.5, 0.6) is 5.88 Å². The van der Waals surface area contributed by atoms with E-state index in [2.05, 4.69) is 16.8 Å². The third kappa shape index (κ3) is 5.94. The maximum atomic E-state index is 13.3. The molecule has 8 nitrogen and oxygen atoms in total. The third-order valence-electron chi connectivity index (χ3n) is 5.03. The maximum Gasteiger partial charge on any atom is 0.259 e. The van der Waals surface area contributed by atoms with E-state index >= 15 is 0 Å². The van der Waals surface area contributed by atoms with Gasteiger partial charge < -0.3 is 24.7 Å².